The number of alkyl halides is 3. The fraction of sp³-hybridized carbons (Fsp3) is 0.0769. The van der Waals surface area contributed by atoms with E-state index in [0.29, 0.717) is 5.56 Å². The maximum Gasteiger partial charge on any atom is 0.433 e. The summed E-state index contributed by atoms with van der Waals surface area (Å²) >= 11 is 5.83. The predicted molar refractivity (Wildman–Crippen MR) is 68.4 cm³/mol. The van der Waals surface area contributed by atoms with Gasteiger partial charge in [0.1, 0.15) is 10.8 Å². The van der Waals surface area contributed by atoms with Gasteiger partial charge in [-0.1, -0.05) is 41.9 Å². The maximum atomic E-state index is 12.8. The first-order chi connectivity index (χ1) is 9.47. The molecule has 7 heteroatoms. The monoisotopic (exact) mass is 297 g/mol. The molecule has 0 fully saturated rings. The van der Waals surface area contributed by atoms with E-state index in [9.17, 15) is 13.2 Å². The van der Waals surface area contributed by atoms with Crippen LogP contribution in [0.25, 0.3) is 16.8 Å². The summed E-state index contributed by atoms with van der Waals surface area (Å²) < 4.78 is 39.5. The zero-order valence-corrected chi connectivity index (χ0v) is 10.7. The van der Waals surface area contributed by atoms with E-state index in [1.54, 1.807) is 24.3 Å². The second-order valence-corrected chi connectivity index (χ2v) is 4.51. The highest BCUT2D eigenvalue weighted by molar-refractivity contribution is 6.29. The van der Waals surface area contributed by atoms with Crippen LogP contribution in [0.1, 0.15) is 5.69 Å². The molecule has 0 saturated carbocycles. The molecule has 0 unspecified atom stereocenters. The number of fused-ring (bicyclic) bond motifs is 1. The number of hydrogen-bond acceptors (Lipinski definition) is 2. The predicted octanol–water partition coefficient (Wildman–Crippen LogP) is 4.07. The van der Waals surface area contributed by atoms with Gasteiger partial charge in [-0.05, 0) is 5.56 Å². The molecule has 1 aromatic carbocycles. The van der Waals surface area contributed by atoms with Crippen molar-refractivity contribution in [2.75, 3.05) is 0 Å². The second kappa shape index (κ2) is 4.49. The van der Waals surface area contributed by atoms with Crippen LogP contribution in [0.4, 0.5) is 13.2 Å². The van der Waals surface area contributed by atoms with Gasteiger partial charge in [0.25, 0.3) is 0 Å². The number of aromatic nitrogens is 3. The largest absolute Gasteiger partial charge is 0.433 e. The van der Waals surface area contributed by atoms with Gasteiger partial charge in [-0.25, -0.2) is 9.50 Å². The van der Waals surface area contributed by atoms with Crippen LogP contribution >= 0.6 is 11.6 Å². The van der Waals surface area contributed by atoms with Crippen LogP contribution in [0.15, 0.2) is 42.6 Å². The maximum absolute atomic E-state index is 12.8. The number of rotatable bonds is 1. The summed E-state index contributed by atoms with van der Waals surface area (Å²) in [6.45, 7) is 0. The van der Waals surface area contributed by atoms with E-state index in [1.807, 2.05) is 6.07 Å². The lowest BCUT2D eigenvalue weighted by Crippen LogP contribution is -2.10. The molecule has 0 aliphatic rings. The Hall–Kier alpha value is -2.08. The minimum absolute atomic E-state index is 0.0797. The van der Waals surface area contributed by atoms with Crippen molar-refractivity contribution in [3.8, 4) is 11.1 Å². The third kappa shape index (κ3) is 2.12. The van der Waals surface area contributed by atoms with Gasteiger partial charge in [0.15, 0.2) is 5.65 Å². The molecule has 0 atom stereocenters. The zero-order valence-electron chi connectivity index (χ0n) is 9.89. The van der Waals surface area contributed by atoms with Crippen molar-refractivity contribution in [1.82, 2.24) is 14.6 Å². The first-order valence-corrected chi connectivity index (χ1v) is 6.01. The summed E-state index contributed by atoms with van der Waals surface area (Å²) in [5.41, 5.74) is 0.271. The highest BCUT2D eigenvalue weighted by Crippen LogP contribution is 2.32. The summed E-state index contributed by atoms with van der Waals surface area (Å²) in [6, 6.07) is 9.69. The highest BCUT2D eigenvalue weighted by atomic mass is 35.5. The third-order valence-corrected chi connectivity index (χ3v) is 3.07. The molecule has 2 heterocycles. The summed E-state index contributed by atoms with van der Waals surface area (Å²) in [7, 11) is 0. The van der Waals surface area contributed by atoms with E-state index < -0.39 is 11.9 Å². The minimum Gasteiger partial charge on any atom is -0.223 e. The van der Waals surface area contributed by atoms with E-state index in [2.05, 4.69) is 10.1 Å². The van der Waals surface area contributed by atoms with Gasteiger partial charge in [-0.15, -0.1) is 0 Å². The fourth-order valence-electron chi connectivity index (χ4n) is 1.89. The Kier molecular flexibility index (Phi) is 2.90. The quantitative estimate of drug-likeness (QED) is 0.634. The van der Waals surface area contributed by atoms with E-state index in [4.69, 9.17) is 11.6 Å². The molecule has 102 valence electrons. The molecular weight excluding hydrogens is 291 g/mol. The molecule has 0 spiro atoms. The molecule has 2 aromatic heterocycles. The van der Waals surface area contributed by atoms with Crippen LogP contribution in [-0.4, -0.2) is 14.6 Å². The standard InChI is InChI=1S/C13H7ClF3N3/c14-11-6-10(13(15,16)17)19-12-9(7-18-20(11)12)8-4-2-1-3-5-8/h1-7H. The van der Waals surface area contributed by atoms with E-state index in [1.165, 1.54) is 10.7 Å². The first kappa shape index (κ1) is 12.9. The molecule has 3 rings (SSSR count). The van der Waals surface area contributed by atoms with Crippen LogP contribution < -0.4 is 0 Å². The molecule has 0 bridgehead atoms. The number of hydrogen-bond donors (Lipinski definition) is 0. The van der Waals surface area contributed by atoms with Crippen molar-refractivity contribution in [1.29, 1.82) is 0 Å². The number of halogens is 4. The second-order valence-electron chi connectivity index (χ2n) is 4.12. The summed E-state index contributed by atoms with van der Waals surface area (Å²) in [4.78, 5) is 3.63. The average molecular weight is 298 g/mol. The van der Waals surface area contributed by atoms with Crippen LogP contribution in [-0.2, 0) is 6.18 Å². The minimum atomic E-state index is -4.55. The van der Waals surface area contributed by atoms with Gasteiger partial charge in [0.2, 0.25) is 0 Å². The van der Waals surface area contributed by atoms with Crippen LogP contribution in [0, 0.1) is 0 Å². The molecule has 0 radical (unpaired) electrons. The average Bonchev–Trinajstić information content (AvgIpc) is 2.83. The molecule has 0 aliphatic heterocycles. The van der Waals surface area contributed by atoms with Crippen molar-refractivity contribution >= 4 is 17.2 Å². The number of nitrogens with zero attached hydrogens (tertiary/aromatic N) is 3. The van der Waals surface area contributed by atoms with Crippen molar-refractivity contribution in [3.05, 3.63) is 53.4 Å². The molecule has 0 amide bonds. The highest BCUT2D eigenvalue weighted by Gasteiger charge is 2.34. The Morgan fingerprint density at radius 2 is 1.80 bits per heavy atom. The lowest BCUT2D eigenvalue weighted by atomic mass is 10.1. The SMILES string of the molecule is FC(F)(F)c1cc(Cl)n2ncc(-c3ccccc3)c2n1. The Balaban J connectivity index is 2.28. The zero-order chi connectivity index (χ0) is 14.3. The van der Waals surface area contributed by atoms with Gasteiger partial charge in [-0.2, -0.15) is 18.3 Å². The Bertz CT molecular complexity index is 766. The van der Waals surface area contributed by atoms with Crippen molar-refractivity contribution in [2.24, 2.45) is 0 Å². The van der Waals surface area contributed by atoms with Gasteiger partial charge >= 0.3 is 6.18 Å². The Morgan fingerprint density at radius 1 is 1.10 bits per heavy atom. The van der Waals surface area contributed by atoms with E-state index in [-0.39, 0.29) is 10.8 Å². The lowest BCUT2D eigenvalue weighted by molar-refractivity contribution is -0.141. The molecule has 20 heavy (non-hydrogen) atoms. The molecule has 0 N–H and O–H groups in total. The van der Waals surface area contributed by atoms with Crippen LogP contribution in [0.5, 0.6) is 0 Å². The van der Waals surface area contributed by atoms with Crippen molar-refractivity contribution in [2.45, 2.75) is 6.18 Å². The summed E-state index contributed by atoms with van der Waals surface area (Å²) in [6.07, 6.45) is -3.10. The van der Waals surface area contributed by atoms with Gasteiger partial charge in [0, 0.05) is 11.6 Å². The van der Waals surface area contributed by atoms with Crippen molar-refractivity contribution < 1.29 is 13.2 Å². The normalized spacial score (nSPS) is 12.0. The lowest BCUT2D eigenvalue weighted by Gasteiger charge is -2.07. The molecular formula is C13H7ClF3N3. The van der Waals surface area contributed by atoms with Crippen LogP contribution in [0.3, 0.4) is 0 Å². The van der Waals surface area contributed by atoms with E-state index in [0.717, 1.165) is 11.6 Å². The molecule has 3 nitrogen and oxygen atoms in total. The molecule has 0 aliphatic carbocycles. The molecule has 0 saturated heterocycles. The van der Waals surface area contributed by atoms with Gasteiger partial charge < -0.3 is 0 Å². The number of benzene rings is 1. The smallest absolute Gasteiger partial charge is 0.223 e. The van der Waals surface area contributed by atoms with Gasteiger partial charge in [-0.3, -0.25) is 0 Å². The topological polar surface area (TPSA) is 30.2 Å². The Morgan fingerprint density at radius 3 is 2.45 bits per heavy atom. The Labute approximate surface area is 116 Å². The molecule has 3 aromatic rings. The fourth-order valence-corrected chi connectivity index (χ4v) is 2.12. The summed E-state index contributed by atoms with van der Waals surface area (Å²) in [5.74, 6) is 0. The first-order valence-electron chi connectivity index (χ1n) is 5.64. The van der Waals surface area contributed by atoms with Gasteiger partial charge in [0.05, 0.1) is 6.20 Å². The van der Waals surface area contributed by atoms with E-state index >= 15 is 0 Å². The van der Waals surface area contributed by atoms with Crippen molar-refractivity contribution in [3.63, 3.8) is 0 Å². The summed E-state index contributed by atoms with van der Waals surface area (Å²) in [5, 5.41) is 3.84. The third-order valence-electron chi connectivity index (χ3n) is 2.80. The van der Waals surface area contributed by atoms with Crippen LogP contribution in [0.2, 0.25) is 5.15 Å².